The summed E-state index contributed by atoms with van der Waals surface area (Å²) in [5, 5.41) is 12.6. The molecule has 0 radical (unpaired) electrons. The molecular weight excluding hydrogens is 454 g/mol. The van der Waals surface area contributed by atoms with Crippen LogP contribution < -0.4 is 56.7 Å². The number of pyridine rings is 1. The molecule has 2 aromatic carbocycles. The number of carbonyl (C=O) groups is 1. The minimum Gasteiger partial charge on any atom is -0.481 e. The molecule has 4 nitrogen and oxygen atoms in total. The standard InChI is InChI=1S/C16H25NO2.C6H5F.C6H6N.K/c1-4-5-10-17-11-9-13-7-6-8-14(12-13)16(2,3)15(18)19;7-6-4-2-1-3-5-6;1-6-3-2-4-7-5-6;/h6-8,12,17H,4-5,9-11H2,1-3H3,(H,18,19);1-5H;2-4H,1H3;/q;;-1;+1. The third kappa shape index (κ3) is 14.1. The molecule has 3 aromatic rings. The molecule has 6 heteroatoms. The summed E-state index contributed by atoms with van der Waals surface area (Å²) in [4.78, 5) is 15.0. The van der Waals surface area contributed by atoms with Crippen molar-refractivity contribution in [2.24, 2.45) is 0 Å². The summed E-state index contributed by atoms with van der Waals surface area (Å²) in [6.45, 7) is 9.63. The Kier molecular flexibility index (Phi) is 18.1. The number of aliphatic carboxylic acids is 1. The Balaban J connectivity index is 0.000000589. The van der Waals surface area contributed by atoms with Gasteiger partial charge in [0, 0.05) is 0 Å². The van der Waals surface area contributed by atoms with Crippen molar-refractivity contribution >= 4 is 5.97 Å². The molecule has 3 rings (SSSR count). The molecule has 0 fully saturated rings. The first kappa shape index (κ1) is 32.6. The van der Waals surface area contributed by atoms with Crippen LogP contribution in [0.4, 0.5) is 4.39 Å². The van der Waals surface area contributed by atoms with Gasteiger partial charge in [0.15, 0.2) is 0 Å². The van der Waals surface area contributed by atoms with E-state index in [-0.39, 0.29) is 57.2 Å². The number of aryl methyl sites for hydroxylation is 1. The van der Waals surface area contributed by atoms with Crippen molar-refractivity contribution in [1.82, 2.24) is 10.3 Å². The number of nitrogens with one attached hydrogen (secondary N) is 1. The van der Waals surface area contributed by atoms with E-state index in [4.69, 9.17) is 0 Å². The van der Waals surface area contributed by atoms with Crippen LogP contribution >= 0.6 is 0 Å². The molecule has 0 unspecified atom stereocenters. The van der Waals surface area contributed by atoms with Crippen molar-refractivity contribution in [1.29, 1.82) is 0 Å². The molecule has 0 saturated carbocycles. The van der Waals surface area contributed by atoms with Crippen molar-refractivity contribution in [3.05, 3.63) is 102 Å². The van der Waals surface area contributed by atoms with Gasteiger partial charge in [0.25, 0.3) is 0 Å². The second-order valence-electron chi connectivity index (χ2n) is 8.21. The summed E-state index contributed by atoms with van der Waals surface area (Å²) in [5.41, 5.74) is 2.32. The largest absolute Gasteiger partial charge is 1.00 e. The van der Waals surface area contributed by atoms with Crippen molar-refractivity contribution in [2.45, 2.75) is 52.4 Å². The van der Waals surface area contributed by atoms with Gasteiger partial charge in [-0.2, -0.15) is 12.1 Å². The molecule has 0 amide bonds. The van der Waals surface area contributed by atoms with Gasteiger partial charge in [0.2, 0.25) is 0 Å². The first-order chi connectivity index (χ1) is 15.8. The predicted molar refractivity (Wildman–Crippen MR) is 133 cm³/mol. The maximum atomic E-state index is 11.9. The second-order valence-corrected chi connectivity index (χ2v) is 8.21. The van der Waals surface area contributed by atoms with Gasteiger partial charge in [-0.05, 0) is 63.0 Å². The zero-order chi connectivity index (χ0) is 24.5. The van der Waals surface area contributed by atoms with Gasteiger partial charge in [-0.3, -0.25) is 4.79 Å². The molecule has 0 aliphatic rings. The number of aromatic nitrogens is 1. The van der Waals surface area contributed by atoms with Crippen LogP contribution in [-0.4, -0.2) is 29.1 Å². The van der Waals surface area contributed by atoms with Crippen LogP contribution in [0.15, 0.2) is 72.9 Å². The van der Waals surface area contributed by atoms with E-state index in [0.717, 1.165) is 30.6 Å². The molecule has 1 heterocycles. The Morgan fingerprint density at radius 2 is 1.76 bits per heavy atom. The monoisotopic (exact) mass is 490 g/mol. The average Bonchev–Trinajstić information content (AvgIpc) is 2.81. The number of nitrogens with zero attached hydrogens (tertiary/aromatic N) is 1. The number of carboxylic acid groups (broad SMARTS) is 1. The van der Waals surface area contributed by atoms with Gasteiger partial charge in [0.05, 0.1) is 5.41 Å². The quantitative estimate of drug-likeness (QED) is 0.290. The summed E-state index contributed by atoms with van der Waals surface area (Å²) in [6.07, 6.45) is 7.84. The maximum Gasteiger partial charge on any atom is 1.00 e. The molecule has 0 aliphatic heterocycles. The second kappa shape index (κ2) is 18.9. The fourth-order valence-electron chi connectivity index (χ4n) is 2.72. The topological polar surface area (TPSA) is 62.2 Å². The zero-order valence-corrected chi connectivity index (χ0v) is 24.3. The van der Waals surface area contributed by atoms with E-state index in [2.05, 4.69) is 29.5 Å². The Morgan fingerprint density at radius 3 is 2.24 bits per heavy atom. The van der Waals surface area contributed by atoms with Crippen LogP contribution in [-0.2, 0) is 16.6 Å². The van der Waals surface area contributed by atoms with Crippen molar-refractivity contribution < 1.29 is 65.7 Å². The number of benzene rings is 2. The fourth-order valence-corrected chi connectivity index (χ4v) is 2.72. The van der Waals surface area contributed by atoms with Crippen LogP contribution in [0.2, 0.25) is 0 Å². The first-order valence-electron chi connectivity index (χ1n) is 11.3. The Morgan fingerprint density at radius 1 is 1.06 bits per heavy atom. The van der Waals surface area contributed by atoms with E-state index in [1.54, 1.807) is 38.2 Å². The molecule has 0 saturated heterocycles. The summed E-state index contributed by atoms with van der Waals surface area (Å²) >= 11 is 0. The molecule has 0 spiro atoms. The summed E-state index contributed by atoms with van der Waals surface area (Å²) < 4.78 is 11.9. The third-order valence-corrected chi connectivity index (χ3v) is 4.96. The number of hydrogen-bond acceptors (Lipinski definition) is 3. The number of rotatable bonds is 8. The van der Waals surface area contributed by atoms with Crippen molar-refractivity contribution in [3.8, 4) is 0 Å². The SMILES string of the molecule is CCCCNCCc1cccc(C(C)(C)C(=O)O)c1.Cc1[c-]nccc1.Fc1ccccc1.[K+]. The minimum absolute atomic E-state index is 0. The van der Waals surface area contributed by atoms with Gasteiger partial charge in [-0.1, -0.05) is 75.1 Å². The van der Waals surface area contributed by atoms with Crippen molar-refractivity contribution in [3.63, 3.8) is 0 Å². The number of halogens is 1. The van der Waals surface area contributed by atoms with Crippen LogP contribution in [0, 0.1) is 18.9 Å². The fraction of sp³-hybridized carbons (Fsp3) is 0.357. The molecule has 178 valence electrons. The predicted octanol–water partition coefficient (Wildman–Crippen LogP) is 3.00. The molecular formula is C28H36FKN2O2. The van der Waals surface area contributed by atoms with E-state index in [1.165, 1.54) is 30.5 Å². The summed E-state index contributed by atoms with van der Waals surface area (Å²) in [6, 6.07) is 19.7. The van der Waals surface area contributed by atoms with Crippen LogP contribution in [0.5, 0.6) is 0 Å². The normalized spacial score (nSPS) is 10.0. The smallest absolute Gasteiger partial charge is 0.481 e. The van der Waals surface area contributed by atoms with E-state index < -0.39 is 11.4 Å². The molecule has 2 N–H and O–H groups in total. The minimum atomic E-state index is -0.828. The van der Waals surface area contributed by atoms with Gasteiger partial charge in [-0.15, -0.1) is 5.56 Å². The van der Waals surface area contributed by atoms with Crippen molar-refractivity contribution in [2.75, 3.05) is 13.1 Å². The van der Waals surface area contributed by atoms with Gasteiger partial charge in [-0.25, -0.2) is 4.39 Å². The first-order valence-corrected chi connectivity index (χ1v) is 11.3. The van der Waals surface area contributed by atoms with Gasteiger partial charge < -0.3 is 15.4 Å². The Labute approximate surface area is 246 Å². The Bertz CT molecular complexity index is 884. The third-order valence-electron chi connectivity index (χ3n) is 4.96. The zero-order valence-electron chi connectivity index (χ0n) is 21.1. The number of unbranched alkanes of at least 4 members (excludes halogenated alkanes) is 1. The van der Waals surface area contributed by atoms with Crippen LogP contribution in [0.3, 0.4) is 0 Å². The van der Waals surface area contributed by atoms with Crippen LogP contribution in [0.25, 0.3) is 0 Å². The Hall–Kier alpha value is -1.41. The maximum absolute atomic E-state index is 11.9. The summed E-state index contributed by atoms with van der Waals surface area (Å²) in [5.74, 6) is -0.965. The summed E-state index contributed by atoms with van der Waals surface area (Å²) in [7, 11) is 0. The van der Waals surface area contributed by atoms with Gasteiger partial charge >= 0.3 is 57.4 Å². The number of carboxylic acids is 1. The van der Waals surface area contributed by atoms with Crippen LogP contribution in [0.1, 0.15) is 50.3 Å². The van der Waals surface area contributed by atoms with E-state index in [9.17, 15) is 14.3 Å². The average molecular weight is 491 g/mol. The molecule has 0 aliphatic carbocycles. The molecule has 0 atom stereocenters. The molecule has 1 aromatic heterocycles. The number of hydrogen-bond donors (Lipinski definition) is 2. The van der Waals surface area contributed by atoms with E-state index in [1.807, 2.05) is 37.3 Å². The van der Waals surface area contributed by atoms with E-state index >= 15 is 0 Å². The molecule has 0 bridgehead atoms. The van der Waals surface area contributed by atoms with E-state index in [0.29, 0.717) is 0 Å². The van der Waals surface area contributed by atoms with Gasteiger partial charge in [0.1, 0.15) is 5.82 Å². The molecule has 34 heavy (non-hydrogen) atoms.